The largest absolute Gasteiger partial charge is 0.451 e. The third-order valence-corrected chi connectivity index (χ3v) is 3.72. The predicted molar refractivity (Wildman–Crippen MR) is 87.6 cm³/mol. The summed E-state index contributed by atoms with van der Waals surface area (Å²) in [6, 6.07) is 9.00. The van der Waals surface area contributed by atoms with Crippen molar-refractivity contribution in [2.45, 2.75) is 19.6 Å². The Hall–Kier alpha value is -3.36. The number of carbonyl (C=O) groups is 2. The maximum Gasteiger partial charge on any atom is 0.340 e. The molecule has 0 aliphatic carbocycles. The van der Waals surface area contributed by atoms with Crippen molar-refractivity contribution in [1.29, 1.82) is 0 Å². The molecule has 26 heavy (non-hydrogen) atoms. The van der Waals surface area contributed by atoms with Crippen molar-refractivity contribution in [1.82, 2.24) is 14.5 Å². The molecule has 3 rings (SSSR count). The summed E-state index contributed by atoms with van der Waals surface area (Å²) >= 11 is 0. The number of ether oxygens (including phenoxy) is 1. The lowest BCUT2D eigenvalue weighted by Crippen LogP contribution is -2.16. The molecule has 0 saturated carbocycles. The van der Waals surface area contributed by atoms with Crippen LogP contribution in [-0.2, 0) is 4.74 Å². The maximum absolute atomic E-state index is 13.5. The molecular formula is C17H14F2N4O3. The van der Waals surface area contributed by atoms with E-state index in [0.29, 0.717) is 5.52 Å². The van der Waals surface area contributed by atoms with E-state index in [2.05, 4.69) is 9.97 Å². The zero-order chi connectivity index (χ0) is 18.8. The molecule has 1 atom stereocenters. The SMILES string of the molecule is C[C@H](OC(=O)c1ccc(C(N)=O)nc1)c1nc2ccccc2n1C(F)F. The monoisotopic (exact) mass is 360 g/mol. The van der Waals surface area contributed by atoms with Gasteiger partial charge >= 0.3 is 12.5 Å². The van der Waals surface area contributed by atoms with Crippen molar-refractivity contribution >= 4 is 22.9 Å². The molecule has 9 heteroatoms. The summed E-state index contributed by atoms with van der Waals surface area (Å²) in [6.45, 7) is -1.39. The van der Waals surface area contributed by atoms with E-state index < -0.39 is 24.5 Å². The number of halogens is 2. The van der Waals surface area contributed by atoms with E-state index in [9.17, 15) is 18.4 Å². The van der Waals surface area contributed by atoms with Gasteiger partial charge in [-0.1, -0.05) is 12.1 Å². The number of nitrogens with zero attached hydrogens (tertiary/aromatic N) is 3. The fourth-order valence-corrected chi connectivity index (χ4v) is 2.50. The number of primary amides is 1. The van der Waals surface area contributed by atoms with Crippen LogP contribution in [0.3, 0.4) is 0 Å². The van der Waals surface area contributed by atoms with Crippen molar-refractivity contribution in [3.8, 4) is 0 Å². The van der Waals surface area contributed by atoms with Crippen LogP contribution in [0.1, 0.15) is 46.2 Å². The highest BCUT2D eigenvalue weighted by Gasteiger charge is 2.24. The van der Waals surface area contributed by atoms with Gasteiger partial charge in [-0.25, -0.2) is 9.78 Å². The van der Waals surface area contributed by atoms with Crippen LogP contribution in [-0.4, -0.2) is 26.4 Å². The van der Waals surface area contributed by atoms with Crippen molar-refractivity contribution in [2.24, 2.45) is 5.73 Å². The number of fused-ring (bicyclic) bond motifs is 1. The molecule has 0 unspecified atom stereocenters. The number of para-hydroxylation sites is 2. The van der Waals surface area contributed by atoms with Gasteiger partial charge in [0.2, 0.25) is 0 Å². The van der Waals surface area contributed by atoms with Gasteiger partial charge in [-0.05, 0) is 31.2 Å². The van der Waals surface area contributed by atoms with E-state index in [0.717, 1.165) is 10.8 Å². The van der Waals surface area contributed by atoms with Crippen LogP contribution in [0.15, 0.2) is 42.6 Å². The fraction of sp³-hybridized carbons (Fsp3) is 0.176. The lowest BCUT2D eigenvalue weighted by atomic mass is 10.2. The van der Waals surface area contributed by atoms with Crippen molar-refractivity contribution < 1.29 is 23.1 Å². The average Bonchev–Trinajstić information content (AvgIpc) is 3.01. The van der Waals surface area contributed by atoms with Crippen molar-refractivity contribution in [2.75, 3.05) is 0 Å². The Kier molecular flexibility index (Phi) is 4.61. The van der Waals surface area contributed by atoms with Gasteiger partial charge in [0, 0.05) is 6.20 Å². The first-order chi connectivity index (χ1) is 12.4. The third-order valence-electron chi connectivity index (χ3n) is 3.72. The number of hydrogen-bond donors (Lipinski definition) is 1. The number of hydrogen-bond acceptors (Lipinski definition) is 5. The van der Waals surface area contributed by atoms with E-state index in [4.69, 9.17) is 10.5 Å². The Labute approximate surface area is 146 Å². The molecule has 3 aromatic rings. The van der Waals surface area contributed by atoms with Crippen LogP contribution in [0, 0.1) is 0 Å². The van der Waals surface area contributed by atoms with Gasteiger partial charge in [0.1, 0.15) is 5.69 Å². The van der Waals surface area contributed by atoms with Gasteiger partial charge in [0.15, 0.2) is 11.9 Å². The number of imidazole rings is 1. The molecular weight excluding hydrogens is 346 g/mol. The highest BCUT2D eigenvalue weighted by atomic mass is 19.3. The van der Waals surface area contributed by atoms with Crippen LogP contribution in [0.4, 0.5) is 8.78 Å². The van der Waals surface area contributed by atoms with Crippen LogP contribution in [0.2, 0.25) is 0 Å². The summed E-state index contributed by atoms with van der Waals surface area (Å²) in [5.74, 6) is -1.59. The second-order valence-electron chi connectivity index (χ2n) is 5.45. The quantitative estimate of drug-likeness (QED) is 0.705. The van der Waals surface area contributed by atoms with E-state index >= 15 is 0 Å². The number of nitrogens with two attached hydrogens (primary N) is 1. The number of alkyl halides is 2. The van der Waals surface area contributed by atoms with Gasteiger partial charge in [-0.15, -0.1) is 0 Å². The molecule has 0 saturated heterocycles. The van der Waals surface area contributed by atoms with Gasteiger partial charge in [-0.3, -0.25) is 14.3 Å². The second-order valence-corrected chi connectivity index (χ2v) is 5.45. The highest BCUT2D eigenvalue weighted by Crippen LogP contribution is 2.28. The summed E-state index contributed by atoms with van der Waals surface area (Å²) in [4.78, 5) is 31.1. The minimum absolute atomic E-state index is 0.00547. The molecule has 0 radical (unpaired) electrons. The summed E-state index contributed by atoms with van der Waals surface area (Å²) in [6.07, 6.45) is 0.102. The number of carbonyl (C=O) groups excluding carboxylic acids is 2. The van der Waals surface area contributed by atoms with E-state index in [1.54, 1.807) is 18.2 Å². The minimum atomic E-state index is -2.84. The van der Waals surface area contributed by atoms with Crippen LogP contribution in [0.5, 0.6) is 0 Å². The maximum atomic E-state index is 13.5. The average molecular weight is 360 g/mol. The lowest BCUT2D eigenvalue weighted by molar-refractivity contribution is 0.0232. The Balaban J connectivity index is 1.86. The molecule has 2 aromatic heterocycles. The zero-order valence-electron chi connectivity index (χ0n) is 13.6. The van der Waals surface area contributed by atoms with Crippen LogP contribution >= 0.6 is 0 Å². The van der Waals surface area contributed by atoms with Crippen molar-refractivity contribution in [3.05, 3.63) is 59.7 Å². The first-order valence-electron chi connectivity index (χ1n) is 7.60. The number of pyridine rings is 1. The minimum Gasteiger partial charge on any atom is -0.451 e. The molecule has 2 N–H and O–H groups in total. The summed E-state index contributed by atoms with van der Waals surface area (Å²) in [5.41, 5.74) is 5.75. The number of rotatable bonds is 5. The first-order valence-corrected chi connectivity index (χ1v) is 7.60. The number of amides is 1. The standard InChI is InChI=1S/C17H14F2N4O3/c1-9(26-16(25)10-6-7-12(14(20)24)21-8-10)15-22-11-4-2-3-5-13(11)23(15)17(18)19/h2-9,17H,1H3,(H2,20,24)/t9-/m0/s1. The third kappa shape index (κ3) is 3.23. The van der Waals surface area contributed by atoms with Gasteiger partial charge < -0.3 is 10.5 Å². The Morgan fingerprint density at radius 2 is 1.92 bits per heavy atom. The molecule has 0 aliphatic heterocycles. The van der Waals surface area contributed by atoms with Crippen molar-refractivity contribution in [3.63, 3.8) is 0 Å². The van der Waals surface area contributed by atoms with Gasteiger partial charge in [0.25, 0.3) is 5.91 Å². The van der Waals surface area contributed by atoms with E-state index in [1.807, 2.05) is 0 Å². The van der Waals surface area contributed by atoms with Crippen LogP contribution in [0.25, 0.3) is 11.0 Å². The molecule has 1 amide bonds. The normalized spacial score (nSPS) is 12.3. The number of benzene rings is 1. The second kappa shape index (κ2) is 6.87. The molecule has 0 aliphatic rings. The van der Waals surface area contributed by atoms with E-state index in [1.165, 1.54) is 25.1 Å². The summed E-state index contributed by atoms with van der Waals surface area (Å²) in [5, 5.41) is 0. The van der Waals surface area contributed by atoms with Gasteiger partial charge in [0.05, 0.1) is 16.6 Å². The molecule has 2 heterocycles. The molecule has 0 fully saturated rings. The lowest BCUT2D eigenvalue weighted by Gasteiger charge is -2.15. The topological polar surface area (TPSA) is 100 Å². The van der Waals surface area contributed by atoms with E-state index in [-0.39, 0.29) is 22.6 Å². The molecule has 1 aromatic carbocycles. The number of esters is 1. The Bertz CT molecular complexity index is 970. The van der Waals surface area contributed by atoms with Crippen LogP contribution < -0.4 is 5.73 Å². The smallest absolute Gasteiger partial charge is 0.340 e. The summed E-state index contributed by atoms with van der Waals surface area (Å²) in [7, 11) is 0. The molecule has 134 valence electrons. The summed E-state index contributed by atoms with van der Waals surface area (Å²) < 4.78 is 32.9. The number of aromatic nitrogens is 3. The fourth-order valence-electron chi connectivity index (χ4n) is 2.50. The highest BCUT2D eigenvalue weighted by molar-refractivity contribution is 5.93. The molecule has 0 bridgehead atoms. The Morgan fingerprint density at radius 3 is 2.54 bits per heavy atom. The molecule has 0 spiro atoms. The Morgan fingerprint density at radius 1 is 1.19 bits per heavy atom. The van der Waals surface area contributed by atoms with Gasteiger partial charge in [-0.2, -0.15) is 8.78 Å². The predicted octanol–water partition coefficient (Wildman–Crippen LogP) is 2.84. The zero-order valence-corrected chi connectivity index (χ0v) is 13.6. The molecule has 7 nitrogen and oxygen atoms in total. The first kappa shape index (κ1) is 17.5.